The van der Waals surface area contributed by atoms with Crippen LogP contribution in [0.25, 0.3) is 0 Å². The number of likely N-dealkylation sites (tertiary alicyclic amines) is 1. The minimum atomic E-state index is -2.83. The van der Waals surface area contributed by atoms with Crippen LogP contribution in [-0.4, -0.2) is 42.5 Å². The lowest BCUT2D eigenvalue weighted by Crippen LogP contribution is -2.40. The lowest BCUT2D eigenvalue weighted by atomic mass is 10.0. The zero-order chi connectivity index (χ0) is 19.2. The second-order valence-electron chi connectivity index (χ2n) is 6.78. The minimum Gasteiger partial charge on any atom is -0.435 e. The fourth-order valence-electron chi connectivity index (χ4n) is 3.49. The van der Waals surface area contributed by atoms with E-state index in [9.17, 15) is 13.6 Å². The summed E-state index contributed by atoms with van der Waals surface area (Å²) >= 11 is 0. The molecule has 1 atom stereocenters. The molecule has 0 N–H and O–H groups in total. The van der Waals surface area contributed by atoms with E-state index in [1.54, 1.807) is 12.1 Å². The smallest absolute Gasteiger partial charge is 0.387 e. The largest absolute Gasteiger partial charge is 0.435 e. The van der Waals surface area contributed by atoms with Gasteiger partial charge in [-0.05, 0) is 43.1 Å². The molecule has 3 rings (SSSR count). The van der Waals surface area contributed by atoms with Gasteiger partial charge in [0.05, 0.1) is 0 Å². The molecule has 0 radical (unpaired) electrons. The Balaban J connectivity index is 1.76. The van der Waals surface area contributed by atoms with Crippen molar-refractivity contribution in [1.29, 1.82) is 0 Å². The maximum Gasteiger partial charge on any atom is 0.387 e. The van der Waals surface area contributed by atoms with Crippen LogP contribution in [0.2, 0.25) is 0 Å². The molecule has 1 fully saturated rings. The summed E-state index contributed by atoms with van der Waals surface area (Å²) in [6.45, 7) is -0.710. The highest BCUT2D eigenvalue weighted by Gasteiger charge is 2.30. The van der Waals surface area contributed by atoms with Gasteiger partial charge >= 0.3 is 6.61 Å². The molecule has 27 heavy (non-hydrogen) atoms. The van der Waals surface area contributed by atoms with Crippen molar-refractivity contribution in [2.45, 2.75) is 32.0 Å². The summed E-state index contributed by atoms with van der Waals surface area (Å²) in [6.07, 6.45) is 2.09. The van der Waals surface area contributed by atoms with Crippen LogP contribution in [0, 0.1) is 0 Å². The van der Waals surface area contributed by atoms with Crippen LogP contribution in [0.1, 0.15) is 30.0 Å². The maximum absolute atomic E-state index is 13.1. The predicted octanol–water partition coefficient (Wildman–Crippen LogP) is 4.08. The molecule has 0 aromatic heterocycles. The molecule has 1 saturated heterocycles. The van der Waals surface area contributed by atoms with Crippen molar-refractivity contribution in [2.75, 3.05) is 20.1 Å². The third kappa shape index (κ3) is 5.04. The van der Waals surface area contributed by atoms with Crippen LogP contribution >= 0.6 is 0 Å². The van der Waals surface area contributed by atoms with Crippen LogP contribution in [0.3, 0.4) is 0 Å². The molecule has 0 aliphatic carbocycles. The van der Waals surface area contributed by atoms with Gasteiger partial charge in [-0.2, -0.15) is 8.78 Å². The summed E-state index contributed by atoms with van der Waals surface area (Å²) in [7, 11) is 1.91. The average Bonchev–Trinajstić information content (AvgIpc) is 3.19. The summed E-state index contributed by atoms with van der Waals surface area (Å²) in [6, 6.07) is 15.9. The molecule has 6 heteroatoms. The van der Waals surface area contributed by atoms with E-state index in [4.69, 9.17) is 0 Å². The van der Waals surface area contributed by atoms with Crippen LogP contribution in [-0.2, 0) is 11.3 Å². The lowest BCUT2D eigenvalue weighted by molar-refractivity contribution is -0.136. The highest BCUT2D eigenvalue weighted by molar-refractivity contribution is 5.83. The first-order chi connectivity index (χ1) is 13.0. The van der Waals surface area contributed by atoms with Gasteiger partial charge in [0.25, 0.3) is 0 Å². The average molecular weight is 374 g/mol. The van der Waals surface area contributed by atoms with Gasteiger partial charge < -0.3 is 9.64 Å². The van der Waals surface area contributed by atoms with Crippen molar-refractivity contribution < 1.29 is 18.3 Å². The number of likely N-dealkylation sites (N-methyl/N-ethyl adjacent to an activating group) is 1. The molecule has 2 aromatic rings. The Hall–Kier alpha value is -2.47. The Labute approximate surface area is 158 Å². The van der Waals surface area contributed by atoms with E-state index in [-0.39, 0.29) is 17.7 Å². The Kier molecular flexibility index (Phi) is 6.40. The Morgan fingerprint density at radius 2 is 1.70 bits per heavy atom. The SMILES string of the molecule is CN(Cc1ccc(OC(F)F)cc1)C(C(=O)N1CCCC1)c1ccccc1. The zero-order valence-electron chi connectivity index (χ0n) is 15.4. The summed E-state index contributed by atoms with van der Waals surface area (Å²) in [5.41, 5.74) is 1.88. The molecule has 0 spiro atoms. The fourth-order valence-corrected chi connectivity index (χ4v) is 3.49. The third-order valence-electron chi connectivity index (χ3n) is 4.79. The molecule has 1 heterocycles. The first-order valence-electron chi connectivity index (χ1n) is 9.12. The van der Waals surface area contributed by atoms with Gasteiger partial charge in [-0.15, -0.1) is 0 Å². The quantitative estimate of drug-likeness (QED) is 0.732. The Bertz CT molecular complexity index is 732. The topological polar surface area (TPSA) is 32.8 Å². The fraction of sp³-hybridized carbons (Fsp3) is 0.381. The highest BCUT2D eigenvalue weighted by atomic mass is 19.3. The van der Waals surface area contributed by atoms with E-state index in [0.29, 0.717) is 6.54 Å². The van der Waals surface area contributed by atoms with Crippen LogP contribution in [0.5, 0.6) is 5.75 Å². The Morgan fingerprint density at radius 3 is 2.30 bits per heavy atom. The normalized spacial score (nSPS) is 15.4. The Morgan fingerprint density at radius 1 is 1.07 bits per heavy atom. The van der Waals surface area contributed by atoms with Crippen molar-refractivity contribution in [3.8, 4) is 5.75 Å². The lowest BCUT2D eigenvalue weighted by Gasteiger charge is -2.31. The number of nitrogens with zero attached hydrogens (tertiary/aromatic N) is 2. The van der Waals surface area contributed by atoms with E-state index >= 15 is 0 Å². The molecule has 0 saturated carbocycles. The summed E-state index contributed by atoms with van der Waals surface area (Å²) < 4.78 is 29.0. The van der Waals surface area contributed by atoms with Crippen molar-refractivity contribution in [3.05, 3.63) is 65.7 Å². The minimum absolute atomic E-state index is 0.110. The number of halogens is 2. The van der Waals surface area contributed by atoms with Crippen LogP contribution in [0.15, 0.2) is 54.6 Å². The van der Waals surface area contributed by atoms with Crippen molar-refractivity contribution in [2.24, 2.45) is 0 Å². The maximum atomic E-state index is 13.1. The van der Waals surface area contributed by atoms with Gasteiger partial charge in [0.1, 0.15) is 11.8 Å². The van der Waals surface area contributed by atoms with Gasteiger partial charge in [-0.1, -0.05) is 42.5 Å². The van der Waals surface area contributed by atoms with Gasteiger partial charge in [-0.25, -0.2) is 0 Å². The number of hydrogen-bond acceptors (Lipinski definition) is 3. The van der Waals surface area contributed by atoms with Crippen molar-refractivity contribution in [3.63, 3.8) is 0 Å². The molecule has 1 aliphatic heterocycles. The van der Waals surface area contributed by atoms with E-state index in [0.717, 1.165) is 37.1 Å². The van der Waals surface area contributed by atoms with Gasteiger partial charge in [0.15, 0.2) is 0 Å². The van der Waals surface area contributed by atoms with Gasteiger partial charge in [0, 0.05) is 19.6 Å². The second-order valence-corrected chi connectivity index (χ2v) is 6.78. The van der Waals surface area contributed by atoms with Gasteiger partial charge in [-0.3, -0.25) is 9.69 Å². The number of amides is 1. The number of rotatable bonds is 7. The second kappa shape index (κ2) is 8.95. The first-order valence-corrected chi connectivity index (χ1v) is 9.12. The van der Waals surface area contributed by atoms with Crippen LogP contribution < -0.4 is 4.74 Å². The van der Waals surface area contributed by atoms with E-state index < -0.39 is 6.61 Å². The molecule has 1 amide bonds. The van der Waals surface area contributed by atoms with Crippen molar-refractivity contribution >= 4 is 5.91 Å². The number of alkyl halides is 2. The number of carbonyl (C=O) groups excluding carboxylic acids is 1. The summed E-state index contributed by atoms with van der Waals surface area (Å²) in [5, 5.41) is 0. The molecule has 2 aromatic carbocycles. The molecule has 1 aliphatic rings. The number of hydrogen-bond donors (Lipinski definition) is 0. The molecular weight excluding hydrogens is 350 g/mol. The van der Waals surface area contributed by atoms with Crippen LogP contribution in [0.4, 0.5) is 8.78 Å². The standard InChI is InChI=1S/C21H24F2N2O2/c1-24(15-16-9-11-18(12-10-16)27-21(22)23)19(17-7-3-2-4-8-17)20(26)25-13-5-6-14-25/h2-4,7-12,19,21H,5-6,13-15H2,1H3. The predicted molar refractivity (Wildman–Crippen MR) is 99.5 cm³/mol. The zero-order valence-corrected chi connectivity index (χ0v) is 15.4. The molecule has 4 nitrogen and oxygen atoms in total. The monoisotopic (exact) mass is 374 g/mol. The number of carbonyl (C=O) groups is 1. The van der Waals surface area contributed by atoms with Gasteiger partial charge in [0.2, 0.25) is 5.91 Å². The van der Waals surface area contributed by atoms with Crippen molar-refractivity contribution in [1.82, 2.24) is 9.80 Å². The molecule has 144 valence electrons. The summed E-state index contributed by atoms with van der Waals surface area (Å²) in [5.74, 6) is 0.239. The summed E-state index contributed by atoms with van der Waals surface area (Å²) in [4.78, 5) is 17.1. The van der Waals surface area contributed by atoms with E-state index in [2.05, 4.69) is 4.74 Å². The third-order valence-corrected chi connectivity index (χ3v) is 4.79. The highest BCUT2D eigenvalue weighted by Crippen LogP contribution is 2.26. The van der Waals surface area contributed by atoms with E-state index in [1.165, 1.54) is 12.1 Å². The number of ether oxygens (including phenoxy) is 1. The molecule has 1 unspecified atom stereocenters. The van der Waals surface area contributed by atoms with E-state index in [1.807, 2.05) is 47.2 Å². The number of benzene rings is 2. The first kappa shape index (κ1) is 19.3. The molecule has 0 bridgehead atoms. The molecular formula is C21H24F2N2O2.